The summed E-state index contributed by atoms with van der Waals surface area (Å²) in [4.78, 5) is 23.7. The minimum atomic E-state index is -1.10. The van der Waals surface area contributed by atoms with Crippen molar-refractivity contribution in [2.45, 2.75) is 18.9 Å². The Bertz CT molecular complexity index is 708. The lowest BCUT2D eigenvalue weighted by molar-refractivity contribution is -0.145. The SMILES string of the molecule is Cl.NCCOc1cccc(C(=O)CCC(Oc2ccccc2)C(=O)O)c1. The lowest BCUT2D eigenvalue weighted by Crippen LogP contribution is -2.27. The van der Waals surface area contributed by atoms with E-state index in [1.54, 1.807) is 48.5 Å². The number of carboxylic acids is 1. The van der Waals surface area contributed by atoms with Crippen molar-refractivity contribution in [3.8, 4) is 11.5 Å². The maximum Gasteiger partial charge on any atom is 0.344 e. The summed E-state index contributed by atoms with van der Waals surface area (Å²) in [6.45, 7) is 0.749. The van der Waals surface area contributed by atoms with Gasteiger partial charge >= 0.3 is 5.97 Å². The summed E-state index contributed by atoms with van der Waals surface area (Å²) < 4.78 is 10.8. The quantitative estimate of drug-likeness (QED) is 0.616. The van der Waals surface area contributed by atoms with Crippen LogP contribution in [0.3, 0.4) is 0 Å². The van der Waals surface area contributed by atoms with E-state index in [1.807, 2.05) is 6.07 Å². The van der Waals surface area contributed by atoms with E-state index in [1.165, 1.54) is 0 Å². The monoisotopic (exact) mass is 379 g/mol. The first-order valence-corrected chi connectivity index (χ1v) is 8.01. The molecular formula is C19H22ClNO5. The number of Topliss-reactive ketones (excluding diaryl/α,β-unsaturated/α-hetero) is 1. The summed E-state index contributed by atoms with van der Waals surface area (Å²) in [5.41, 5.74) is 5.86. The van der Waals surface area contributed by atoms with Crippen molar-refractivity contribution in [2.75, 3.05) is 13.2 Å². The Balaban J connectivity index is 0.00000338. The van der Waals surface area contributed by atoms with Crippen molar-refractivity contribution in [3.05, 3.63) is 60.2 Å². The zero-order valence-corrected chi connectivity index (χ0v) is 15.0. The summed E-state index contributed by atoms with van der Waals surface area (Å²) in [5.74, 6) is -0.246. The van der Waals surface area contributed by atoms with Crippen LogP contribution in [0.25, 0.3) is 0 Å². The number of aliphatic carboxylic acids is 1. The predicted octanol–water partition coefficient (Wildman–Crippen LogP) is 2.94. The van der Waals surface area contributed by atoms with E-state index >= 15 is 0 Å². The Kier molecular flexibility index (Phi) is 9.19. The Morgan fingerprint density at radius 3 is 2.38 bits per heavy atom. The van der Waals surface area contributed by atoms with Gasteiger partial charge in [0.15, 0.2) is 11.9 Å². The number of nitrogens with two attached hydrogens (primary N) is 1. The van der Waals surface area contributed by atoms with E-state index < -0.39 is 12.1 Å². The molecule has 0 amide bonds. The van der Waals surface area contributed by atoms with Gasteiger partial charge in [0.1, 0.15) is 18.1 Å². The molecule has 0 fully saturated rings. The van der Waals surface area contributed by atoms with Gasteiger partial charge < -0.3 is 20.3 Å². The highest BCUT2D eigenvalue weighted by molar-refractivity contribution is 5.96. The molecular weight excluding hydrogens is 358 g/mol. The molecule has 0 saturated heterocycles. The molecule has 3 N–H and O–H groups in total. The number of halogens is 1. The Morgan fingerprint density at radius 1 is 1.04 bits per heavy atom. The van der Waals surface area contributed by atoms with E-state index in [0.717, 1.165) is 0 Å². The molecule has 0 aliphatic carbocycles. The lowest BCUT2D eigenvalue weighted by atomic mass is 10.0. The molecule has 26 heavy (non-hydrogen) atoms. The summed E-state index contributed by atoms with van der Waals surface area (Å²) in [5, 5.41) is 9.29. The van der Waals surface area contributed by atoms with Gasteiger partial charge in [-0.2, -0.15) is 0 Å². The molecule has 0 aliphatic rings. The minimum absolute atomic E-state index is 0. The summed E-state index contributed by atoms with van der Waals surface area (Å²) in [6, 6.07) is 15.4. The van der Waals surface area contributed by atoms with Crippen molar-refractivity contribution in [3.63, 3.8) is 0 Å². The highest BCUT2D eigenvalue weighted by Gasteiger charge is 2.21. The van der Waals surface area contributed by atoms with Crippen molar-refractivity contribution >= 4 is 24.2 Å². The van der Waals surface area contributed by atoms with Crippen molar-refractivity contribution in [1.29, 1.82) is 0 Å². The smallest absolute Gasteiger partial charge is 0.344 e. The lowest BCUT2D eigenvalue weighted by Gasteiger charge is -2.14. The molecule has 2 rings (SSSR count). The second-order valence-electron chi connectivity index (χ2n) is 5.38. The normalized spacial score (nSPS) is 11.1. The fourth-order valence-electron chi connectivity index (χ4n) is 2.24. The van der Waals surface area contributed by atoms with Crippen LogP contribution in [-0.2, 0) is 4.79 Å². The number of benzene rings is 2. The second-order valence-corrected chi connectivity index (χ2v) is 5.38. The third kappa shape index (κ3) is 6.74. The van der Waals surface area contributed by atoms with E-state index in [0.29, 0.717) is 30.2 Å². The average Bonchev–Trinajstić information content (AvgIpc) is 2.64. The van der Waals surface area contributed by atoms with Gasteiger partial charge in [-0.25, -0.2) is 4.79 Å². The molecule has 140 valence electrons. The van der Waals surface area contributed by atoms with Crippen LogP contribution in [-0.4, -0.2) is 36.1 Å². The van der Waals surface area contributed by atoms with Crippen molar-refractivity contribution in [2.24, 2.45) is 5.73 Å². The molecule has 6 nitrogen and oxygen atoms in total. The largest absolute Gasteiger partial charge is 0.492 e. The zero-order chi connectivity index (χ0) is 18.1. The van der Waals surface area contributed by atoms with Crippen LogP contribution in [0.1, 0.15) is 23.2 Å². The topological polar surface area (TPSA) is 98.9 Å². The third-order valence-corrected chi connectivity index (χ3v) is 3.47. The van der Waals surface area contributed by atoms with Crippen molar-refractivity contribution in [1.82, 2.24) is 0 Å². The predicted molar refractivity (Wildman–Crippen MR) is 100 cm³/mol. The van der Waals surface area contributed by atoms with Gasteiger partial charge in [0.05, 0.1) is 0 Å². The number of hydrogen-bond acceptors (Lipinski definition) is 5. The van der Waals surface area contributed by atoms with Gasteiger partial charge in [-0.05, 0) is 24.3 Å². The number of hydrogen-bond donors (Lipinski definition) is 2. The van der Waals surface area contributed by atoms with Gasteiger partial charge in [0, 0.05) is 24.9 Å². The molecule has 0 spiro atoms. The third-order valence-electron chi connectivity index (χ3n) is 3.47. The molecule has 2 aromatic carbocycles. The summed E-state index contributed by atoms with van der Waals surface area (Å²) in [6.07, 6.45) is -0.941. The van der Waals surface area contributed by atoms with Gasteiger partial charge in [-0.3, -0.25) is 4.79 Å². The van der Waals surface area contributed by atoms with Gasteiger partial charge in [0.2, 0.25) is 0 Å². The number of carbonyl (C=O) groups excluding carboxylic acids is 1. The molecule has 2 aromatic rings. The minimum Gasteiger partial charge on any atom is -0.492 e. The van der Waals surface area contributed by atoms with Crippen LogP contribution in [0.4, 0.5) is 0 Å². The standard InChI is InChI=1S/C19H21NO5.ClH/c20-11-12-24-16-8-4-5-14(13-16)17(21)9-10-18(19(22)23)25-15-6-2-1-3-7-15;/h1-8,13,18H,9-12,20H2,(H,22,23);1H. The average molecular weight is 380 g/mol. The van der Waals surface area contributed by atoms with E-state index in [-0.39, 0.29) is 31.0 Å². The van der Waals surface area contributed by atoms with Gasteiger partial charge in [0.25, 0.3) is 0 Å². The fraction of sp³-hybridized carbons (Fsp3) is 0.263. The molecule has 0 bridgehead atoms. The van der Waals surface area contributed by atoms with Crippen LogP contribution in [0.2, 0.25) is 0 Å². The van der Waals surface area contributed by atoms with E-state index in [2.05, 4.69) is 0 Å². The van der Waals surface area contributed by atoms with E-state index in [9.17, 15) is 14.7 Å². The van der Waals surface area contributed by atoms with Crippen LogP contribution >= 0.6 is 12.4 Å². The van der Waals surface area contributed by atoms with Crippen LogP contribution < -0.4 is 15.2 Å². The number of carboxylic acid groups (broad SMARTS) is 1. The van der Waals surface area contributed by atoms with Crippen LogP contribution in [0, 0.1) is 0 Å². The summed E-state index contributed by atoms with van der Waals surface area (Å²) in [7, 11) is 0. The molecule has 0 aromatic heterocycles. The molecule has 0 saturated carbocycles. The molecule has 1 unspecified atom stereocenters. The highest BCUT2D eigenvalue weighted by atomic mass is 35.5. The maximum absolute atomic E-state index is 12.3. The zero-order valence-electron chi connectivity index (χ0n) is 14.2. The van der Waals surface area contributed by atoms with E-state index in [4.69, 9.17) is 15.2 Å². The Morgan fingerprint density at radius 2 is 1.73 bits per heavy atom. The van der Waals surface area contributed by atoms with Gasteiger partial charge in [-0.1, -0.05) is 30.3 Å². The molecule has 7 heteroatoms. The number of para-hydroxylation sites is 1. The Hall–Kier alpha value is -2.57. The first-order valence-electron chi connectivity index (χ1n) is 8.01. The molecule has 0 aliphatic heterocycles. The first-order chi connectivity index (χ1) is 12.1. The summed E-state index contributed by atoms with van der Waals surface area (Å²) >= 11 is 0. The molecule has 0 heterocycles. The highest BCUT2D eigenvalue weighted by Crippen LogP contribution is 2.18. The number of rotatable bonds is 10. The Labute approximate surface area is 158 Å². The fourth-order valence-corrected chi connectivity index (χ4v) is 2.24. The first kappa shape index (κ1) is 21.5. The van der Waals surface area contributed by atoms with Gasteiger partial charge in [-0.15, -0.1) is 12.4 Å². The molecule has 1 atom stereocenters. The molecule has 0 radical (unpaired) electrons. The number of ether oxygens (including phenoxy) is 2. The second kappa shape index (κ2) is 11.1. The van der Waals surface area contributed by atoms with Crippen LogP contribution in [0.5, 0.6) is 11.5 Å². The number of ketones is 1. The van der Waals surface area contributed by atoms with Crippen LogP contribution in [0.15, 0.2) is 54.6 Å². The van der Waals surface area contributed by atoms with Crippen molar-refractivity contribution < 1.29 is 24.2 Å². The maximum atomic E-state index is 12.3. The number of carbonyl (C=O) groups is 2.